The molecule has 0 aliphatic rings. The molecule has 1 aromatic heterocycles. The van der Waals surface area contributed by atoms with Crippen molar-refractivity contribution in [2.24, 2.45) is 5.73 Å². The van der Waals surface area contributed by atoms with Crippen LogP contribution in [0, 0.1) is 0 Å². The highest BCUT2D eigenvalue weighted by molar-refractivity contribution is 5.48. The summed E-state index contributed by atoms with van der Waals surface area (Å²) < 4.78 is 0. The second-order valence-electron chi connectivity index (χ2n) is 4.90. The number of unbranched alkanes of at least 4 members (excludes halogenated alkanes) is 2. The number of hydrogen-bond donors (Lipinski definition) is 1. The lowest BCUT2D eigenvalue weighted by molar-refractivity contribution is 0.662. The molecule has 1 aromatic rings. The molecule has 2 N–H and O–H groups in total. The van der Waals surface area contributed by atoms with E-state index in [1.54, 1.807) is 0 Å². The molecule has 18 heavy (non-hydrogen) atoms. The number of anilines is 1. The minimum atomic E-state index is 0.0412. The number of pyridine rings is 1. The smallest absolute Gasteiger partial charge is 0.133 e. The summed E-state index contributed by atoms with van der Waals surface area (Å²) in [5, 5.41) is 0. The summed E-state index contributed by atoms with van der Waals surface area (Å²) in [4.78, 5) is 6.95. The molecule has 0 spiro atoms. The average molecular weight is 249 g/mol. The van der Waals surface area contributed by atoms with Gasteiger partial charge in [-0.1, -0.05) is 32.8 Å². The molecule has 0 aromatic carbocycles. The van der Waals surface area contributed by atoms with E-state index < -0.39 is 0 Å². The van der Waals surface area contributed by atoms with Crippen LogP contribution in [0.3, 0.4) is 0 Å². The molecule has 0 unspecified atom stereocenters. The lowest BCUT2D eigenvalue weighted by Crippen LogP contribution is -2.28. The summed E-state index contributed by atoms with van der Waals surface area (Å²) in [5.74, 6) is 1.08. The van der Waals surface area contributed by atoms with Crippen molar-refractivity contribution in [2.75, 3.05) is 18.0 Å². The van der Waals surface area contributed by atoms with Crippen LogP contribution in [0.2, 0.25) is 0 Å². The highest BCUT2D eigenvalue weighted by Crippen LogP contribution is 2.23. The van der Waals surface area contributed by atoms with Gasteiger partial charge in [-0.3, -0.25) is 0 Å². The van der Waals surface area contributed by atoms with Crippen molar-refractivity contribution < 1.29 is 0 Å². The van der Waals surface area contributed by atoms with E-state index in [1.807, 2.05) is 19.2 Å². The van der Waals surface area contributed by atoms with E-state index in [0.717, 1.165) is 24.5 Å². The Morgan fingerprint density at radius 3 is 2.33 bits per heavy atom. The van der Waals surface area contributed by atoms with Crippen molar-refractivity contribution in [1.82, 2.24) is 4.98 Å². The first-order valence-corrected chi connectivity index (χ1v) is 7.16. The molecule has 0 aliphatic carbocycles. The lowest BCUT2D eigenvalue weighted by atomic mass is 10.1. The zero-order chi connectivity index (χ0) is 13.4. The van der Waals surface area contributed by atoms with Gasteiger partial charge in [-0.05, 0) is 25.8 Å². The minimum absolute atomic E-state index is 0.0412. The van der Waals surface area contributed by atoms with Crippen molar-refractivity contribution in [2.45, 2.75) is 52.5 Å². The SMILES string of the molecule is CCCCN(CCCC)c1ncccc1[C@@H](C)N. The lowest BCUT2D eigenvalue weighted by Gasteiger charge is -2.26. The monoisotopic (exact) mass is 249 g/mol. The quantitative estimate of drug-likeness (QED) is 0.766. The number of aromatic nitrogens is 1. The largest absolute Gasteiger partial charge is 0.356 e. The maximum absolute atomic E-state index is 6.04. The summed E-state index contributed by atoms with van der Waals surface area (Å²) in [5.41, 5.74) is 7.20. The Bertz CT molecular complexity index is 328. The molecule has 3 nitrogen and oxygen atoms in total. The van der Waals surface area contributed by atoms with Gasteiger partial charge in [0.1, 0.15) is 5.82 Å². The van der Waals surface area contributed by atoms with E-state index in [9.17, 15) is 0 Å². The highest BCUT2D eigenvalue weighted by atomic mass is 15.2. The van der Waals surface area contributed by atoms with E-state index in [-0.39, 0.29) is 6.04 Å². The van der Waals surface area contributed by atoms with E-state index in [4.69, 9.17) is 5.73 Å². The summed E-state index contributed by atoms with van der Waals surface area (Å²) in [6, 6.07) is 4.11. The number of rotatable bonds is 8. The first kappa shape index (κ1) is 15.0. The molecule has 1 rings (SSSR count). The topological polar surface area (TPSA) is 42.2 Å². The maximum atomic E-state index is 6.04. The Balaban J connectivity index is 2.88. The van der Waals surface area contributed by atoms with Crippen LogP contribution < -0.4 is 10.6 Å². The Morgan fingerprint density at radius 1 is 1.22 bits per heavy atom. The molecular formula is C15H27N3. The van der Waals surface area contributed by atoms with Gasteiger partial charge in [-0.25, -0.2) is 4.98 Å². The van der Waals surface area contributed by atoms with Crippen molar-refractivity contribution in [1.29, 1.82) is 0 Å². The standard InChI is InChI=1S/C15H27N3/c1-4-6-11-18(12-7-5-2)15-14(13(3)16)9-8-10-17-15/h8-10,13H,4-7,11-12,16H2,1-3H3/t13-/m1/s1. The van der Waals surface area contributed by atoms with E-state index in [2.05, 4.69) is 29.8 Å². The fraction of sp³-hybridized carbons (Fsp3) is 0.667. The van der Waals surface area contributed by atoms with E-state index in [0.29, 0.717) is 0 Å². The summed E-state index contributed by atoms with van der Waals surface area (Å²) in [6.45, 7) is 8.63. The molecule has 0 bridgehead atoms. The zero-order valence-electron chi connectivity index (χ0n) is 12.0. The fourth-order valence-electron chi connectivity index (χ4n) is 2.05. The predicted molar refractivity (Wildman–Crippen MR) is 78.9 cm³/mol. The molecule has 1 atom stereocenters. The highest BCUT2D eigenvalue weighted by Gasteiger charge is 2.13. The molecule has 102 valence electrons. The Hall–Kier alpha value is -1.09. The normalized spacial score (nSPS) is 12.4. The maximum Gasteiger partial charge on any atom is 0.133 e. The Labute approximate surface area is 111 Å². The van der Waals surface area contributed by atoms with Gasteiger partial charge in [-0.15, -0.1) is 0 Å². The number of nitrogens with two attached hydrogens (primary N) is 1. The minimum Gasteiger partial charge on any atom is -0.356 e. The fourth-order valence-corrected chi connectivity index (χ4v) is 2.05. The van der Waals surface area contributed by atoms with Crippen LogP contribution in [0.1, 0.15) is 58.1 Å². The second kappa shape index (κ2) is 8.09. The van der Waals surface area contributed by atoms with Crippen LogP contribution in [0.15, 0.2) is 18.3 Å². The van der Waals surface area contributed by atoms with Crippen molar-refractivity contribution >= 4 is 5.82 Å². The van der Waals surface area contributed by atoms with Crippen molar-refractivity contribution in [3.05, 3.63) is 23.9 Å². The van der Waals surface area contributed by atoms with E-state index in [1.165, 1.54) is 25.7 Å². The van der Waals surface area contributed by atoms with Gasteiger partial charge in [-0.2, -0.15) is 0 Å². The molecule has 3 heteroatoms. The number of hydrogen-bond acceptors (Lipinski definition) is 3. The van der Waals surface area contributed by atoms with Crippen molar-refractivity contribution in [3.63, 3.8) is 0 Å². The van der Waals surface area contributed by atoms with Crippen LogP contribution in [-0.4, -0.2) is 18.1 Å². The van der Waals surface area contributed by atoms with Crippen LogP contribution >= 0.6 is 0 Å². The van der Waals surface area contributed by atoms with Crippen LogP contribution in [0.25, 0.3) is 0 Å². The van der Waals surface area contributed by atoms with E-state index >= 15 is 0 Å². The van der Waals surface area contributed by atoms with Gasteiger partial charge in [0.2, 0.25) is 0 Å². The third-order valence-corrected chi connectivity index (χ3v) is 3.17. The molecule has 0 fully saturated rings. The first-order valence-electron chi connectivity index (χ1n) is 7.16. The van der Waals surface area contributed by atoms with Gasteiger partial charge in [0.25, 0.3) is 0 Å². The van der Waals surface area contributed by atoms with Gasteiger partial charge in [0.05, 0.1) is 0 Å². The Kier molecular flexibility index (Phi) is 6.73. The predicted octanol–water partition coefficient (Wildman–Crippen LogP) is 3.51. The average Bonchev–Trinajstić information content (AvgIpc) is 2.39. The first-order chi connectivity index (χ1) is 8.70. The third-order valence-electron chi connectivity index (χ3n) is 3.17. The number of nitrogens with zero attached hydrogens (tertiary/aromatic N) is 2. The van der Waals surface area contributed by atoms with Gasteiger partial charge in [0, 0.05) is 30.9 Å². The molecule has 1 heterocycles. The molecule has 0 saturated carbocycles. The molecular weight excluding hydrogens is 222 g/mol. The molecule has 0 radical (unpaired) electrons. The summed E-state index contributed by atoms with van der Waals surface area (Å²) in [7, 11) is 0. The molecule has 0 aliphatic heterocycles. The second-order valence-corrected chi connectivity index (χ2v) is 4.90. The summed E-state index contributed by atoms with van der Waals surface area (Å²) >= 11 is 0. The van der Waals surface area contributed by atoms with Crippen LogP contribution in [0.4, 0.5) is 5.82 Å². The third kappa shape index (κ3) is 4.30. The van der Waals surface area contributed by atoms with Crippen LogP contribution in [0.5, 0.6) is 0 Å². The van der Waals surface area contributed by atoms with Gasteiger partial charge < -0.3 is 10.6 Å². The van der Waals surface area contributed by atoms with Crippen molar-refractivity contribution in [3.8, 4) is 0 Å². The summed E-state index contributed by atoms with van der Waals surface area (Å²) in [6.07, 6.45) is 6.70. The zero-order valence-corrected chi connectivity index (χ0v) is 12.0. The van der Waals surface area contributed by atoms with Gasteiger partial charge >= 0.3 is 0 Å². The van der Waals surface area contributed by atoms with Crippen LogP contribution in [-0.2, 0) is 0 Å². The van der Waals surface area contributed by atoms with Gasteiger partial charge in [0.15, 0.2) is 0 Å². The molecule has 0 saturated heterocycles. The Morgan fingerprint density at radius 2 is 1.83 bits per heavy atom. The molecule has 0 amide bonds.